The van der Waals surface area contributed by atoms with Gasteiger partial charge in [-0.3, -0.25) is 4.79 Å². The van der Waals surface area contributed by atoms with Crippen molar-refractivity contribution in [1.29, 1.82) is 0 Å². The second-order valence-electron chi connectivity index (χ2n) is 4.08. The third kappa shape index (κ3) is 2.28. The van der Waals surface area contributed by atoms with Gasteiger partial charge in [0.1, 0.15) is 5.52 Å². The van der Waals surface area contributed by atoms with Crippen molar-refractivity contribution < 1.29 is 0 Å². The molecule has 0 N–H and O–H groups in total. The molecular formula is C15H11N3O. The zero-order chi connectivity index (χ0) is 13.1. The topological polar surface area (TPSA) is 47.8 Å². The van der Waals surface area contributed by atoms with E-state index < -0.39 is 0 Å². The Morgan fingerprint density at radius 3 is 2.53 bits per heavy atom. The molecule has 0 aliphatic heterocycles. The SMILES string of the molecule is O=c1c2ccccc2nnn1/C=C\c1ccccc1. The summed E-state index contributed by atoms with van der Waals surface area (Å²) in [6.07, 6.45) is 3.45. The summed E-state index contributed by atoms with van der Waals surface area (Å²) in [5, 5.41) is 8.47. The summed E-state index contributed by atoms with van der Waals surface area (Å²) in [7, 11) is 0. The van der Waals surface area contributed by atoms with Crippen molar-refractivity contribution >= 4 is 23.2 Å². The van der Waals surface area contributed by atoms with Crippen molar-refractivity contribution in [3.8, 4) is 0 Å². The van der Waals surface area contributed by atoms with Crippen LogP contribution >= 0.6 is 0 Å². The Balaban J connectivity index is 2.05. The van der Waals surface area contributed by atoms with E-state index in [1.807, 2.05) is 48.5 Å². The van der Waals surface area contributed by atoms with Crippen LogP contribution in [-0.4, -0.2) is 15.0 Å². The van der Waals surface area contributed by atoms with Crippen molar-refractivity contribution in [2.75, 3.05) is 0 Å². The smallest absolute Gasteiger partial charge is 0.267 e. The Hall–Kier alpha value is -2.75. The summed E-state index contributed by atoms with van der Waals surface area (Å²) >= 11 is 0. The van der Waals surface area contributed by atoms with Crippen LogP contribution in [0.1, 0.15) is 5.56 Å². The predicted molar refractivity (Wildman–Crippen MR) is 75.5 cm³/mol. The second kappa shape index (κ2) is 4.86. The molecule has 92 valence electrons. The Kier molecular flexibility index (Phi) is 2.90. The highest BCUT2D eigenvalue weighted by molar-refractivity contribution is 5.77. The first-order valence-electron chi connectivity index (χ1n) is 5.92. The summed E-state index contributed by atoms with van der Waals surface area (Å²) in [5.41, 5.74) is 1.44. The lowest BCUT2D eigenvalue weighted by molar-refractivity contribution is 0.773. The highest BCUT2D eigenvalue weighted by Gasteiger charge is 2.01. The van der Waals surface area contributed by atoms with Crippen LogP contribution in [-0.2, 0) is 0 Å². The van der Waals surface area contributed by atoms with Crippen molar-refractivity contribution in [2.24, 2.45) is 0 Å². The van der Waals surface area contributed by atoms with Crippen LogP contribution in [0, 0.1) is 0 Å². The van der Waals surface area contributed by atoms with Gasteiger partial charge < -0.3 is 0 Å². The number of hydrogen-bond donors (Lipinski definition) is 0. The normalized spacial score (nSPS) is 11.2. The standard InChI is InChI=1S/C15H11N3O/c19-15-13-8-4-5-9-14(13)16-17-18(15)11-10-12-6-2-1-3-7-12/h1-11H/b11-10-. The number of hydrogen-bond acceptors (Lipinski definition) is 3. The highest BCUT2D eigenvalue weighted by atomic mass is 16.1. The number of benzene rings is 2. The maximum atomic E-state index is 12.2. The maximum absolute atomic E-state index is 12.2. The maximum Gasteiger partial charge on any atom is 0.281 e. The van der Waals surface area contributed by atoms with Crippen LogP contribution in [0.25, 0.3) is 23.2 Å². The molecule has 0 fully saturated rings. The molecule has 0 saturated carbocycles. The summed E-state index contributed by atoms with van der Waals surface area (Å²) < 4.78 is 1.25. The van der Waals surface area contributed by atoms with Gasteiger partial charge in [-0.1, -0.05) is 47.7 Å². The first-order chi connectivity index (χ1) is 9.34. The minimum absolute atomic E-state index is 0.169. The Morgan fingerprint density at radius 2 is 1.68 bits per heavy atom. The van der Waals surface area contributed by atoms with Crippen LogP contribution in [0.4, 0.5) is 0 Å². The van der Waals surface area contributed by atoms with Gasteiger partial charge in [-0.05, 0) is 23.8 Å². The van der Waals surface area contributed by atoms with Gasteiger partial charge in [0, 0.05) is 6.20 Å². The second-order valence-corrected chi connectivity index (χ2v) is 4.08. The number of fused-ring (bicyclic) bond motifs is 1. The van der Waals surface area contributed by atoms with E-state index in [-0.39, 0.29) is 5.56 Å². The molecule has 2 aromatic carbocycles. The van der Waals surface area contributed by atoms with Gasteiger partial charge in [-0.2, -0.15) is 4.68 Å². The lowest BCUT2D eigenvalue weighted by Gasteiger charge is -1.99. The Labute approximate surface area is 109 Å². The molecule has 0 amide bonds. The molecule has 0 unspecified atom stereocenters. The summed E-state index contributed by atoms with van der Waals surface area (Å²) in [6.45, 7) is 0. The molecule has 4 heteroatoms. The minimum Gasteiger partial charge on any atom is -0.267 e. The minimum atomic E-state index is -0.169. The van der Waals surface area contributed by atoms with Crippen LogP contribution in [0.3, 0.4) is 0 Å². The van der Waals surface area contributed by atoms with Gasteiger partial charge >= 0.3 is 0 Å². The number of nitrogens with zero attached hydrogens (tertiary/aromatic N) is 3. The molecule has 1 heterocycles. The van der Waals surface area contributed by atoms with Crippen molar-refractivity contribution in [1.82, 2.24) is 15.0 Å². The number of rotatable bonds is 2. The van der Waals surface area contributed by atoms with Crippen LogP contribution < -0.4 is 5.56 Å². The van der Waals surface area contributed by atoms with E-state index in [1.54, 1.807) is 18.3 Å². The van der Waals surface area contributed by atoms with Gasteiger partial charge in [-0.15, -0.1) is 5.10 Å². The van der Waals surface area contributed by atoms with Crippen molar-refractivity contribution in [3.63, 3.8) is 0 Å². The van der Waals surface area contributed by atoms with E-state index >= 15 is 0 Å². The monoisotopic (exact) mass is 249 g/mol. The van der Waals surface area contributed by atoms with Gasteiger partial charge in [0.25, 0.3) is 5.56 Å². The Morgan fingerprint density at radius 1 is 0.947 bits per heavy atom. The van der Waals surface area contributed by atoms with Crippen LogP contribution in [0.15, 0.2) is 59.4 Å². The van der Waals surface area contributed by atoms with Crippen molar-refractivity contribution in [3.05, 3.63) is 70.5 Å². The average molecular weight is 249 g/mol. The molecule has 19 heavy (non-hydrogen) atoms. The van der Waals surface area contributed by atoms with Crippen LogP contribution in [0.5, 0.6) is 0 Å². The van der Waals surface area contributed by atoms with Gasteiger partial charge in [0.15, 0.2) is 0 Å². The number of aromatic nitrogens is 3. The third-order valence-corrected chi connectivity index (χ3v) is 2.80. The van der Waals surface area contributed by atoms with Crippen molar-refractivity contribution in [2.45, 2.75) is 0 Å². The van der Waals surface area contributed by atoms with E-state index in [1.165, 1.54) is 4.68 Å². The van der Waals surface area contributed by atoms with E-state index in [2.05, 4.69) is 10.3 Å². The summed E-state index contributed by atoms with van der Waals surface area (Å²) in [4.78, 5) is 12.2. The molecule has 0 bridgehead atoms. The van der Waals surface area contributed by atoms with Gasteiger partial charge in [0.05, 0.1) is 5.39 Å². The fourth-order valence-corrected chi connectivity index (χ4v) is 1.82. The van der Waals surface area contributed by atoms with E-state index in [9.17, 15) is 4.79 Å². The zero-order valence-corrected chi connectivity index (χ0v) is 10.1. The summed E-state index contributed by atoms with van der Waals surface area (Å²) in [6, 6.07) is 16.9. The molecule has 3 aromatic rings. The average Bonchev–Trinajstić information content (AvgIpc) is 2.48. The zero-order valence-electron chi connectivity index (χ0n) is 10.1. The van der Waals surface area contributed by atoms with E-state index in [0.29, 0.717) is 10.9 Å². The molecule has 0 saturated heterocycles. The molecule has 0 atom stereocenters. The largest absolute Gasteiger partial charge is 0.281 e. The summed E-state index contributed by atoms with van der Waals surface area (Å²) in [5.74, 6) is 0. The lowest BCUT2D eigenvalue weighted by Crippen LogP contribution is -2.19. The first kappa shape index (κ1) is 11.3. The van der Waals surface area contributed by atoms with Gasteiger partial charge in [-0.25, -0.2) is 0 Å². The molecule has 0 aliphatic rings. The van der Waals surface area contributed by atoms with E-state index in [4.69, 9.17) is 0 Å². The molecular weight excluding hydrogens is 238 g/mol. The highest BCUT2D eigenvalue weighted by Crippen LogP contribution is 2.04. The molecule has 0 radical (unpaired) electrons. The Bertz CT molecular complexity index is 791. The molecule has 0 spiro atoms. The molecule has 1 aromatic heterocycles. The lowest BCUT2D eigenvalue weighted by atomic mass is 10.2. The predicted octanol–water partition coefficient (Wildman–Crippen LogP) is 2.42. The quantitative estimate of drug-likeness (QED) is 0.700. The van der Waals surface area contributed by atoms with Crippen LogP contribution in [0.2, 0.25) is 0 Å². The molecule has 0 aliphatic carbocycles. The third-order valence-electron chi connectivity index (χ3n) is 2.80. The van der Waals surface area contributed by atoms with E-state index in [0.717, 1.165) is 5.56 Å². The molecule has 3 rings (SSSR count). The fraction of sp³-hybridized carbons (Fsp3) is 0. The van der Waals surface area contributed by atoms with Gasteiger partial charge in [0.2, 0.25) is 0 Å². The molecule has 4 nitrogen and oxygen atoms in total. The fourth-order valence-electron chi connectivity index (χ4n) is 1.82. The first-order valence-corrected chi connectivity index (χ1v) is 5.92.